The Kier molecular flexibility index (Phi) is 5.84. The molecule has 32 heavy (non-hydrogen) atoms. The Balaban J connectivity index is 1.32. The van der Waals surface area contributed by atoms with Crippen molar-refractivity contribution in [1.29, 1.82) is 0 Å². The molecule has 0 unspecified atom stereocenters. The molecule has 7 nitrogen and oxygen atoms in total. The number of benzene rings is 2. The fourth-order valence-corrected chi connectivity index (χ4v) is 2.91. The highest BCUT2D eigenvalue weighted by Crippen LogP contribution is 2.29. The number of rotatable bonds is 6. The normalized spacial score (nSPS) is 11.2. The van der Waals surface area contributed by atoms with Gasteiger partial charge >= 0.3 is 6.18 Å². The molecular weight excluding hydrogens is 421 g/mol. The van der Waals surface area contributed by atoms with E-state index >= 15 is 0 Å². The van der Waals surface area contributed by atoms with Crippen LogP contribution in [-0.4, -0.2) is 25.9 Å². The van der Waals surface area contributed by atoms with E-state index in [1.807, 2.05) is 0 Å². The number of carbonyl (C=O) groups excluding carboxylic acids is 1. The Hall–Kier alpha value is -4.21. The minimum Gasteiger partial charge on any atom is -0.339 e. The molecule has 0 fully saturated rings. The minimum absolute atomic E-state index is 0.0314. The van der Waals surface area contributed by atoms with E-state index in [1.165, 1.54) is 12.1 Å². The number of hydrogen-bond acceptors (Lipinski definition) is 5. The van der Waals surface area contributed by atoms with Gasteiger partial charge in [-0.2, -0.15) is 18.3 Å². The molecule has 10 heteroatoms. The fourth-order valence-electron chi connectivity index (χ4n) is 2.91. The van der Waals surface area contributed by atoms with Crippen LogP contribution in [0.1, 0.15) is 11.1 Å². The van der Waals surface area contributed by atoms with E-state index in [-0.39, 0.29) is 12.3 Å². The predicted molar refractivity (Wildman–Crippen MR) is 113 cm³/mol. The molecule has 1 amide bonds. The van der Waals surface area contributed by atoms with Crippen LogP contribution in [0.3, 0.4) is 0 Å². The molecule has 0 atom stereocenters. The molecule has 0 aliphatic carbocycles. The maximum atomic E-state index is 12.6. The number of amides is 1. The van der Waals surface area contributed by atoms with Gasteiger partial charge in [-0.25, -0.2) is 4.68 Å². The van der Waals surface area contributed by atoms with Gasteiger partial charge in [-0.05, 0) is 60.2 Å². The van der Waals surface area contributed by atoms with Crippen LogP contribution in [0.15, 0.2) is 79.1 Å². The zero-order valence-corrected chi connectivity index (χ0v) is 16.5. The number of halogens is 3. The molecule has 2 heterocycles. The molecule has 162 valence electrons. The van der Waals surface area contributed by atoms with E-state index in [9.17, 15) is 18.0 Å². The third kappa shape index (κ3) is 5.28. The van der Waals surface area contributed by atoms with Crippen molar-refractivity contribution in [3.63, 3.8) is 0 Å². The van der Waals surface area contributed by atoms with Gasteiger partial charge < -0.3 is 10.6 Å². The summed E-state index contributed by atoms with van der Waals surface area (Å²) < 4.78 is 39.5. The quantitative estimate of drug-likeness (QED) is 0.459. The number of carbonyl (C=O) groups is 1. The summed E-state index contributed by atoms with van der Waals surface area (Å²) in [7, 11) is 0. The first-order chi connectivity index (χ1) is 15.4. The lowest BCUT2D eigenvalue weighted by molar-refractivity contribution is -0.137. The Morgan fingerprint density at radius 3 is 2.22 bits per heavy atom. The van der Waals surface area contributed by atoms with Gasteiger partial charge in [-0.15, -0.1) is 10.2 Å². The van der Waals surface area contributed by atoms with Crippen molar-refractivity contribution >= 4 is 23.1 Å². The lowest BCUT2D eigenvalue weighted by Gasteiger charge is -2.09. The second-order valence-electron chi connectivity index (χ2n) is 6.85. The van der Waals surface area contributed by atoms with Crippen LogP contribution in [0.2, 0.25) is 0 Å². The molecule has 0 saturated heterocycles. The fraction of sp³-hybridized carbons (Fsp3) is 0.0909. The lowest BCUT2D eigenvalue weighted by atomic mass is 10.1. The van der Waals surface area contributed by atoms with Crippen molar-refractivity contribution in [1.82, 2.24) is 20.0 Å². The summed E-state index contributed by atoms with van der Waals surface area (Å²) in [6.45, 7) is 0. The van der Waals surface area contributed by atoms with Crippen molar-refractivity contribution in [3.8, 4) is 5.82 Å². The lowest BCUT2D eigenvalue weighted by Crippen LogP contribution is -2.14. The number of alkyl halides is 3. The first-order valence-corrected chi connectivity index (χ1v) is 9.54. The molecule has 2 aromatic heterocycles. The number of nitrogens with zero attached hydrogens (tertiary/aromatic N) is 4. The highest BCUT2D eigenvalue weighted by Gasteiger charge is 2.29. The third-order valence-electron chi connectivity index (χ3n) is 4.48. The van der Waals surface area contributed by atoms with Crippen molar-refractivity contribution in [2.45, 2.75) is 12.6 Å². The highest BCUT2D eigenvalue weighted by atomic mass is 19.4. The Labute approximate surface area is 180 Å². The van der Waals surface area contributed by atoms with Crippen LogP contribution >= 0.6 is 0 Å². The van der Waals surface area contributed by atoms with Gasteiger partial charge in [-0.3, -0.25) is 4.79 Å². The molecular formula is C22H17F3N6O. The van der Waals surface area contributed by atoms with Crippen LogP contribution < -0.4 is 10.6 Å². The van der Waals surface area contributed by atoms with Crippen molar-refractivity contribution < 1.29 is 18.0 Å². The van der Waals surface area contributed by atoms with Gasteiger partial charge in [0.1, 0.15) is 0 Å². The van der Waals surface area contributed by atoms with E-state index in [4.69, 9.17) is 0 Å². The van der Waals surface area contributed by atoms with E-state index in [1.54, 1.807) is 59.5 Å². The second-order valence-corrected chi connectivity index (χ2v) is 6.85. The Morgan fingerprint density at radius 1 is 0.906 bits per heavy atom. The second kappa shape index (κ2) is 8.88. The SMILES string of the molecule is O=C(Cc1ccc(C(F)(F)F)cc1)Nc1ccc(Nc2ccc(-n3cccn3)nn2)cc1. The van der Waals surface area contributed by atoms with Crippen LogP contribution in [-0.2, 0) is 17.4 Å². The van der Waals surface area contributed by atoms with Crippen LogP contribution in [0.5, 0.6) is 0 Å². The Bertz CT molecular complexity index is 1170. The van der Waals surface area contributed by atoms with Crippen LogP contribution in [0.4, 0.5) is 30.4 Å². The zero-order valence-electron chi connectivity index (χ0n) is 16.5. The Morgan fingerprint density at radius 2 is 1.62 bits per heavy atom. The first kappa shape index (κ1) is 21.0. The predicted octanol–water partition coefficient (Wildman–Crippen LogP) is 4.61. The molecule has 0 aliphatic heterocycles. The van der Waals surface area contributed by atoms with E-state index in [0.717, 1.165) is 17.8 Å². The summed E-state index contributed by atoms with van der Waals surface area (Å²) >= 11 is 0. The van der Waals surface area contributed by atoms with Gasteiger partial charge in [0.15, 0.2) is 11.6 Å². The third-order valence-corrected chi connectivity index (χ3v) is 4.48. The molecule has 2 N–H and O–H groups in total. The minimum atomic E-state index is -4.40. The maximum Gasteiger partial charge on any atom is 0.416 e. The average molecular weight is 438 g/mol. The number of nitrogens with one attached hydrogen (secondary N) is 2. The standard InChI is InChI=1S/C22H17F3N6O/c23-22(24,25)16-4-2-15(3-5-16)14-21(32)28-18-8-6-17(7-9-18)27-19-10-11-20(30-29-19)31-13-1-12-26-31/h1-13H,14H2,(H,27,29)(H,28,32). The van der Waals surface area contributed by atoms with Crippen molar-refractivity contribution in [2.75, 3.05) is 10.6 Å². The smallest absolute Gasteiger partial charge is 0.339 e. The molecule has 0 radical (unpaired) electrons. The molecule has 2 aromatic carbocycles. The molecule has 0 aliphatic rings. The van der Waals surface area contributed by atoms with Crippen LogP contribution in [0, 0.1) is 0 Å². The van der Waals surface area contributed by atoms with Crippen molar-refractivity contribution in [2.24, 2.45) is 0 Å². The zero-order chi connectivity index (χ0) is 22.6. The summed E-state index contributed by atoms with van der Waals surface area (Å²) in [5.41, 5.74) is 1.05. The average Bonchev–Trinajstić information content (AvgIpc) is 3.30. The largest absolute Gasteiger partial charge is 0.416 e. The summed E-state index contributed by atoms with van der Waals surface area (Å²) in [5.74, 6) is 0.803. The van der Waals surface area contributed by atoms with Gasteiger partial charge in [-0.1, -0.05) is 12.1 Å². The molecule has 0 bridgehead atoms. The molecule has 0 saturated carbocycles. The first-order valence-electron chi connectivity index (χ1n) is 9.54. The molecule has 4 aromatic rings. The van der Waals surface area contributed by atoms with Crippen LogP contribution in [0.25, 0.3) is 5.82 Å². The number of aromatic nitrogens is 4. The van der Waals surface area contributed by atoms with Crippen molar-refractivity contribution in [3.05, 3.63) is 90.3 Å². The topological polar surface area (TPSA) is 84.7 Å². The number of hydrogen-bond donors (Lipinski definition) is 2. The molecule has 0 spiro atoms. The molecule has 4 rings (SSSR count). The number of anilines is 3. The van der Waals surface area contributed by atoms with E-state index < -0.39 is 11.7 Å². The van der Waals surface area contributed by atoms with E-state index in [2.05, 4.69) is 25.9 Å². The summed E-state index contributed by atoms with van der Waals surface area (Å²) in [5, 5.41) is 18.1. The summed E-state index contributed by atoms with van der Waals surface area (Å²) in [6.07, 6.45) is -1.01. The van der Waals surface area contributed by atoms with E-state index in [0.29, 0.717) is 22.9 Å². The van der Waals surface area contributed by atoms with Gasteiger partial charge in [0.25, 0.3) is 0 Å². The summed E-state index contributed by atoms with van der Waals surface area (Å²) in [4.78, 5) is 12.2. The highest BCUT2D eigenvalue weighted by molar-refractivity contribution is 5.92. The maximum absolute atomic E-state index is 12.6. The van der Waals surface area contributed by atoms with Gasteiger partial charge in [0.05, 0.1) is 12.0 Å². The summed E-state index contributed by atoms with van der Waals surface area (Å²) in [6, 6.07) is 16.8. The monoisotopic (exact) mass is 438 g/mol. The van der Waals surface area contributed by atoms with Gasteiger partial charge in [0, 0.05) is 23.8 Å². The van der Waals surface area contributed by atoms with Gasteiger partial charge in [0.2, 0.25) is 5.91 Å².